The van der Waals surface area contributed by atoms with Crippen LogP contribution in [0.1, 0.15) is 58.3 Å². The first-order valence-electron chi connectivity index (χ1n) is 5.58. The Hall–Kier alpha value is -0.260. The lowest BCUT2D eigenvalue weighted by atomic mass is 9.90. The van der Waals surface area contributed by atoms with Gasteiger partial charge in [0.25, 0.3) is 0 Å². The zero-order valence-corrected chi connectivity index (χ0v) is 8.39. The first-order valence-corrected chi connectivity index (χ1v) is 5.58. The average molecular weight is 166 g/mol. The molecule has 0 aromatic carbocycles. The minimum atomic E-state index is 1.04. The topological polar surface area (TPSA) is 0 Å². The van der Waals surface area contributed by atoms with Crippen LogP contribution in [0.2, 0.25) is 0 Å². The number of hydrogen-bond donors (Lipinski definition) is 0. The van der Waals surface area contributed by atoms with Gasteiger partial charge in [0.05, 0.1) is 0 Å². The predicted molar refractivity (Wildman–Crippen MR) is 55.2 cm³/mol. The molecule has 1 rings (SSSR count). The van der Waals surface area contributed by atoms with E-state index in [-0.39, 0.29) is 0 Å². The van der Waals surface area contributed by atoms with Crippen LogP contribution < -0.4 is 0 Å². The summed E-state index contributed by atoms with van der Waals surface area (Å²) >= 11 is 0. The van der Waals surface area contributed by atoms with E-state index in [2.05, 4.69) is 19.1 Å². The van der Waals surface area contributed by atoms with Crippen LogP contribution in [0.3, 0.4) is 0 Å². The summed E-state index contributed by atoms with van der Waals surface area (Å²) in [6.07, 6.45) is 16.0. The van der Waals surface area contributed by atoms with Gasteiger partial charge in [-0.05, 0) is 31.6 Å². The van der Waals surface area contributed by atoms with Crippen LogP contribution in [-0.2, 0) is 0 Å². The molecule has 0 amide bonds. The van der Waals surface area contributed by atoms with Crippen LogP contribution in [-0.4, -0.2) is 0 Å². The van der Waals surface area contributed by atoms with Gasteiger partial charge >= 0.3 is 0 Å². The van der Waals surface area contributed by atoms with Crippen LogP contribution in [0, 0.1) is 5.92 Å². The van der Waals surface area contributed by atoms with Crippen LogP contribution in [0.25, 0.3) is 0 Å². The van der Waals surface area contributed by atoms with Gasteiger partial charge in [0.15, 0.2) is 0 Å². The third-order valence-electron chi connectivity index (χ3n) is 2.86. The third-order valence-corrected chi connectivity index (χ3v) is 2.86. The summed E-state index contributed by atoms with van der Waals surface area (Å²) in [5.74, 6) is 1.04. The van der Waals surface area contributed by atoms with Crippen molar-refractivity contribution in [2.75, 3.05) is 0 Å². The van der Waals surface area contributed by atoms with E-state index >= 15 is 0 Å². The molecule has 0 nitrogen and oxygen atoms in total. The van der Waals surface area contributed by atoms with Gasteiger partial charge in [-0.1, -0.05) is 44.8 Å². The van der Waals surface area contributed by atoms with Gasteiger partial charge in [0.2, 0.25) is 0 Å². The maximum Gasteiger partial charge on any atom is -0.0348 e. The molecule has 0 bridgehead atoms. The SMILES string of the molecule is CCCCC1CC/C=C\CCC1. The van der Waals surface area contributed by atoms with Crippen molar-refractivity contribution >= 4 is 0 Å². The molecule has 0 radical (unpaired) electrons. The largest absolute Gasteiger partial charge is 0.0885 e. The van der Waals surface area contributed by atoms with Gasteiger partial charge in [0, 0.05) is 0 Å². The van der Waals surface area contributed by atoms with E-state index in [4.69, 9.17) is 0 Å². The van der Waals surface area contributed by atoms with E-state index < -0.39 is 0 Å². The molecule has 0 fully saturated rings. The Morgan fingerprint density at radius 2 is 2.00 bits per heavy atom. The molecule has 0 saturated carbocycles. The molecule has 1 aliphatic rings. The molecule has 1 unspecified atom stereocenters. The molecule has 70 valence electrons. The Labute approximate surface area is 77.1 Å². The van der Waals surface area contributed by atoms with Crippen LogP contribution >= 0.6 is 0 Å². The quantitative estimate of drug-likeness (QED) is 0.548. The highest BCUT2D eigenvalue weighted by Crippen LogP contribution is 2.23. The zero-order chi connectivity index (χ0) is 8.65. The molecule has 0 aliphatic heterocycles. The van der Waals surface area contributed by atoms with E-state index in [1.807, 2.05) is 0 Å². The second-order valence-corrected chi connectivity index (χ2v) is 3.99. The van der Waals surface area contributed by atoms with Gasteiger partial charge < -0.3 is 0 Å². The summed E-state index contributed by atoms with van der Waals surface area (Å²) < 4.78 is 0. The second-order valence-electron chi connectivity index (χ2n) is 3.99. The number of rotatable bonds is 3. The summed E-state index contributed by atoms with van der Waals surface area (Å²) in [7, 11) is 0. The molecule has 0 aromatic heterocycles. The molecule has 0 aromatic rings. The lowest BCUT2D eigenvalue weighted by Gasteiger charge is -2.16. The summed E-state index contributed by atoms with van der Waals surface area (Å²) in [5, 5.41) is 0. The van der Waals surface area contributed by atoms with Crippen molar-refractivity contribution in [3.05, 3.63) is 12.2 Å². The molecule has 12 heavy (non-hydrogen) atoms. The second kappa shape index (κ2) is 6.28. The fraction of sp³-hybridized carbons (Fsp3) is 0.833. The Bertz CT molecular complexity index is 124. The maximum atomic E-state index is 2.37. The van der Waals surface area contributed by atoms with Gasteiger partial charge in [0.1, 0.15) is 0 Å². The average Bonchev–Trinajstić information content (AvgIpc) is 2.02. The van der Waals surface area contributed by atoms with E-state index in [9.17, 15) is 0 Å². The third kappa shape index (κ3) is 3.94. The minimum Gasteiger partial charge on any atom is -0.0885 e. The van der Waals surface area contributed by atoms with E-state index in [1.165, 1.54) is 51.4 Å². The standard InChI is InChI=1S/C12H22/c1-2-3-9-12-10-7-5-4-6-8-11-12/h4-5,12H,2-3,6-11H2,1H3/b5-4-. The molecule has 0 saturated heterocycles. The molecule has 0 heteroatoms. The highest BCUT2D eigenvalue weighted by atomic mass is 14.1. The Balaban J connectivity index is 2.18. The molecule has 1 atom stereocenters. The van der Waals surface area contributed by atoms with Crippen LogP contribution in [0.4, 0.5) is 0 Å². The van der Waals surface area contributed by atoms with Crippen molar-refractivity contribution in [1.82, 2.24) is 0 Å². The molecular weight excluding hydrogens is 144 g/mol. The number of unbranched alkanes of at least 4 members (excludes halogenated alkanes) is 1. The fourth-order valence-corrected chi connectivity index (χ4v) is 2.02. The summed E-state index contributed by atoms with van der Waals surface area (Å²) in [4.78, 5) is 0. The summed E-state index contributed by atoms with van der Waals surface area (Å²) in [5.41, 5.74) is 0. The highest BCUT2D eigenvalue weighted by molar-refractivity contribution is 4.84. The fourth-order valence-electron chi connectivity index (χ4n) is 2.02. The van der Waals surface area contributed by atoms with Crippen molar-refractivity contribution in [2.45, 2.75) is 58.3 Å². The first-order chi connectivity index (χ1) is 5.93. The Morgan fingerprint density at radius 3 is 2.83 bits per heavy atom. The molecule has 1 aliphatic carbocycles. The van der Waals surface area contributed by atoms with Crippen molar-refractivity contribution in [2.24, 2.45) is 5.92 Å². The van der Waals surface area contributed by atoms with Crippen molar-refractivity contribution < 1.29 is 0 Å². The van der Waals surface area contributed by atoms with Crippen LogP contribution in [0.5, 0.6) is 0 Å². The van der Waals surface area contributed by atoms with E-state index in [1.54, 1.807) is 0 Å². The normalized spacial score (nSPS) is 27.6. The smallest absolute Gasteiger partial charge is 0.0348 e. The van der Waals surface area contributed by atoms with Crippen molar-refractivity contribution in [3.63, 3.8) is 0 Å². The first kappa shape index (κ1) is 9.83. The van der Waals surface area contributed by atoms with Gasteiger partial charge in [-0.25, -0.2) is 0 Å². The summed E-state index contributed by atoms with van der Waals surface area (Å²) in [6, 6.07) is 0. The predicted octanol–water partition coefficient (Wildman–Crippen LogP) is 4.31. The monoisotopic (exact) mass is 166 g/mol. The number of allylic oxidation sites excluding steroid dienone is 2. The molecule has 0 spiro atoms. The van der Waals surface area contributed by atoms with Crippen molar-refractivity contribution in [3.8, 4) is 0 Å². The summed E-state index contributed by atoms with van der Waals surface area (Å²) in [6.45, 7) is 2.29. The number of hydrogen-bond acceptors (Lipinski definition) is 0. The zero-order valence-electron chi connectivity index (χ0n) is 8.39. The maximum absolute atomic E-state index is 2.37. The molecule has 0 heterocycles. The molecular formula is C12H22. The lowest BCUT2D eigenvalue weighted by Crippen LogP contribution is -2.01. The van der Waals surface area contributed by atoms with E-state index in [0.29, 0.717) is 0 Å². The van der Waals surface area contributed by atoms with Gasteiger partial charge in [-0.2, -0.15) is 0 Å². The minimum absolute atomic E-state index is 1.04. The van der Waals surface area contributed by atoms with Gasteiger partial charge in [-0.3, -0.25) is 0 Å². The lowest BCUT2D eigenvalue weighted by molar-refractivity contribution is 0.395. The van der Waals surface area contributed by atoms with Gasteiger partial charge in [-0.15, -0.1) is 0 Å². The Kier molecular flexibility index (Phi) is 5.14. The Morgan fingerprint density at radius 1 is 1.17 bits per heavy atom. The molecule has 0 N–H and O–H groups in total. The van der Waals surface area contributed by atoms with Crippen LogP contribution in [0.15, 0.2) is 12.2 Å². The van der Waals surface area contributed by atoms with Crippen molar-refractivity contribution in [1.29, 1.82) is 0 Å². The highest BCUT2D eigenvalue weighted by Gasteiger charge is 2.07. The van der Waals surface area contributed by atoms with E-state index in [0.717, 1.165) is 5.92 Å².